The lowest BCUT2D eigenvalue weighted by atomic mass is 9.95. The van der Waals surface area contributed by atoms with E-state index in [-0.39, 0.29) is 11.8 Å². The van der Waals surface area contributed by atoms with Gasteiger partial charge < -0.3 is 11.1 Å². The Hall–Kier alpha value is -2.14. The number of carbonyl (C=O) groups is 2. The molecule has 0 saturated carbocycles. The molecule has 0 radical (unpaired) electrons. The van der Waals surface area contributed by atoms with Gasteiger partial charge in [0.05, 0.1) is 11.5 Å². The smallest absolute Gasteiger partial charge is 0.251 e. The van der Waals surface area contributed by atoms with Crippen molar-refractivity contribution in [1.82, 2.24) is 0 Å². The minimum absolute atomic E-state index is 0.113. The van der Waals surface area contributed by atoms with E-state index < -0.39 is 5.91 Å². The van der Waals surface area contributed by atoms with E-state index in [2.05, 4.69) is 5.32 Å². The van der Waals surface area contributed by atoms with Crippen LogP contribution >= 0.6 is 11.3 Å². The number of anilines is 1. The van der Waals surface area contributed by atoms with Gasteiger partial charge in [-0.25, -0.2) is 0 Å². The maximum absolute atomic E-state index is 12.6. The molecule has 0 fully saturated rings. The van der Waals surface area contributed by atoms with Crippen LogP contribution in [0.3, 0.4) is 0 Å². The Morgan fingerprint density at radius 1 is 1.23 bits per heavy atom. The summed E-state index contributed by atoms with van der Waals surface area (Å²) in [5.41, 5.74) is 7.66. The van der Waals surface area contributed by atoms with Crippen LogP contribution in [0.15, 0.2) is 30.3 Å². The van der Waals surface area contributed by atoms with Gasteiger partial charge in [0, 0.05) is 4.88 Å². The number of nitrogens with two attached hydrogens (primary N) is 1. The highest BCUT2D eigenvalue weighted by atomic mass is 32.1. The number of carbonyl (C=O) groups excluding carboxylic acids is 2. The molecule has 1 heterocycles. The molecular weight excluding hydrogens is 296 g/mol. The van der Waals surface area contributed by atoms with E-state index >= 15 is 0 Å². The summed E-state index contributed by atoms with van der Waals surface area (Å²) in [6.07, 6.45) is 0.686. The second-order valence-corrected chi connectivity index (χ2v) is 6.44. The molecule has 116 valence electrons. The van der Waals surface area contributed by atoms with E-state index in [1.54, 1.807) is 0 Å². The number of amides is 2. The molecule has 1 unspecified atom stereocenters. The molecule has 3 N–H and O–H groups in total. The van der Waals surface area contributed by atoms with Crippen molar-refractivity contribution in [3.05, 3.63) is 51.9 Å². The Labute approximate surface area is 134 Å². The third-order valence-corrected chi connectivity index (χ3v) is 4.92. The minimum atomic E-state index is -0.509. The Bertz CT molecular complexity index is 692. The Morgan fingerprint density at radius 2 is 1.86 bits per heavy atom. The van der Waals surface area contributed by atoms with Crippen LogP contribution in [-0.2, 0) is 4.79 Å². The summed E-state index contributed by atoms with van der Waals surface area (Å²) in [7, 11) is 0. The van der Waals surface area contributed by atoms with Crippen molar-refractivity contribution < 1.29 is 9.59 Å². The molecular formula is C17H20N2O2S. The molecule has 0 aliphatic heterocycles. The van der Waals surface area contributed by atoms with Gasteiger partial charge in [0.2, 0.25) is 5.91 Å². The summed E-state index contributed by atoms with van der Waals surface area (Å²) >= 11 is 1.39. The maximum atomic E-state index is 12.6. The zero-order chi connectivity index (χ0) is 16.3. The summed E-state index contributed by atoms with van der Waals surface area (Å²) in [5.74, 6) is -0.869. The van der Waals surface area contributed by atoms with Gasteiger partial charge >= 0.3 is 0 Å². The predicted octanol–water partition coefficient (Wildman–Crippen LogP) is 3.60. The van der Waals surface area contributed by atoms with Crippen molar-refractivity contribution in [3.8, 4) is 0 Å². The fourth-order valence-corrected chi connectivity index (χ4v) is 3.54. The largest absolute Gasteiger partial charge is 0.365 e. The van der Waals surface area contributed by atoms with Crippen LogP contribution in [0.25, 0.3) is 0 Å². The average Bonchev–Trinajstić information content (AvgIpc) is 2.75. The number of benzene rings is 1. The number of primary amides is 1. The zero-order valence-electron chi connectivity index (χ0n) is 13.0. The van der Waals surface area contributed by atoms with Gasteiger partial charge in [-0.2, -0.15) is 0 Å². The quantitative estimate of drug-likeness (QED) is 0.884. The van der Waals surface area contributed by atoms with E-state index in [1.807, 2.05) is 51.1 Å². The summed E-state index contributed by atoms with van der Waals surface area (Å²) in [6.45, 7) is 5.73. The van der Waals surface area contributed by atoms with E-state index in [0.29, 0.717) is 17.0 Å². The molecule has 4 nitrogen and oxygen atoms in total. The predicted molar refractivity (Wildman–Crippen MR) is 90.4 cm³/mol. The maximum Gasteiger partial charge on any atom is 0.251 e. The molecule has 0 spiro atoms. The second-order valence-electron chi connectivity index (χ2n) is 5.21. The van der Waals surface area contributed by atoms with Gasteiger partial charge in [-0.3, -0.25) is 9.59 Å². The van der Waals surface area contributed by atoms with Gasteiger partial charge in [-0.15, -0.1) is 11.3 Å². The minimum Gasteiger partial charge on any atom is -0.365 e. The number of aryl methyl sites for hydroxylation is 1. The molecule has 2 rings (SSSR count). The van der Waals surface area contributed by atoms with Crippen molar-refractivity contribution in [2.45, 2.75) is 33.1 Å². The molecule has 0 aliphatic carbocycles. The van der Waals surface area contributed by atoms with Crippen LogP contribution in [0.1, 0.15) is 45.6 Å². The first-order chi connectivity index (χ1) is 10.5. The standard InChI is InChI=1S/C17H20N2O2S/c1-4-13(12-8-6-5-7-9-12)16(21)19-17-14(15(18)20)10(2)11(3)22-17/h5-9,13H,4H2,1-3H3,(H2,18,20)(H,19,21). The summed E-state index contributed by atoms with van der Waals surface area (Å²) in [4.78, 5) is 25.2. The van der Waals surface area contributed by atoms with Crippen LogP contribution < -0.4 is 11.1 Å². The van der Waals surface area contributed by atoms with Crippen LogP contribution in [-0.4, -0.2) is 11.8 Å². The fraction of sp³-hybridized carbons (Fsp3) is 0.294. The normalized spacial score (nSPS) is 12.0. The molecule has 1 aromatic carbocycles. The molecule has 0 saturated heterocycles. The molecule has 0 bridgehead atoms. The summed E-state index contributed by atoms with van der Waals surface area (Å²) < 4.78 is 0. The van der Waals surface area contributed by atoms with E-state index in [9.17, 15) is 9.59 Å². The lowest BCUT2D eigenvalue weighted by molar-refractivity contribution is -0.117. The van der Waals surface area contributed by atoms with Crippen molar-refractivity contribution in [2.75, 3.05) is 5.32 Å². The molecule has 1 aromatic heterocycles. The third-order valence-electron chi connectivity index (χ3n) is 3.80. The van der Waals surface area contributed by atoms with Crippen molar-refractivity contribution in [3.63, 3.8) is 0 Å². The first-order valence-corrected chi connectivity index (χ1v) is 8.03. The number of rotatable bonds is 5. The fourth-order valence-electron chi connectivity index (χ4n) is 2.47. The van der Waals surface area contributed by atoms with Crippen molar-refractivity contribution >= 4 is 28.2 Å². The number of hydrogen-bond acceptors (Lipinski definition) is 3. The van der Waals surface area contributed by atoms with Crippen LogP contribution in [0.2, 0.25) is 0 Å². The second kappa shape index (κ2) is 6.75. The lowest BCUT2D eigenvalue weighted by Crippen LogP contribution is -2.22. The average molecular weight is 316 g/mol. The molecule has 22 heavy (non-hydrogen) atoms. The molecule has 2 aromatic rings. The summed E-state index contributed by atoms with van der Waals surface area (Å²) in [5, 5.41) is 3.43. The number of hydrogen-bond donors (Lipinski definition) is 2. The highest BCUT2D eigenvalue weighted by Gasteiger charge is 2.23. The van der Waals surface area contributed by atoms with Crippen LogP contribution in [0, 0.1) is 13.8 Å². The third kappa shape index (κ3) is 3.20. The summed E-state index contributed by atoms with van der Waals surface area (Å²) in [6, 6.07) is 9.63. The highest BCUT2D eigenvalue weighted by molar-refractivity contribution is 7.16. The monoisotopic (exact) mass is 316 g/mol. The lowest BCUT2D eigenvalue weighted by Gasteiger charge is -2.15. The van der Waals surface area contributed by atoms with E-state index in [0.717, 1.165) is 16.0 Å². The number of nitrogens with one attached hydrogen (secondary N) is 1. The number of thiophene rings is 1. The molecule has 2 amide bonds. The van der Waals surface area contributed by atoms with Crippen molar-refractivity contribution in [1.29, 1.82) is 0 Å². The van der Waals surface area contributed by atoms with Gasteiger partial charge in [-0.05, 0) is 31.4 Å². The van der Waals surface area contributed by atoms with Gasteiger partial charge in [-0.1, -0.05) is 37.3 Å². The topological polar surface area (TPSA) is 72.2 Å². The van der Waals surface area contributed by atoms with Gasteiger partial charge in [0.25, 0.3) is 5.91 Å². The zero-order valence-corrected chi connectivity index (χ0v) is 13.8. The van der Waals surface area contributed by atoms with Gasteiger partial charge in [0.1, 0.15) is 5.00 Å². The molecule has 1 atom stereocenters. The highest BCUT2D eigenvalue weighted by Crippen LogP contribution is 2.33. The first-order valence-electron chi connectivity index (χ1n) is 7.21. The van der Waals surface area contributed by atoms with Gasteiger partial charge in [0.15, 0.2) is 0 Å². The Balaban J connectivity index is 2.29. The van der Waals surface area contributed by atoms with Crippen LogP contribution in [0.4, 0.5) is 5.00 Å². The van der Waals surface area contributed by atoms with Crippen LogP contribution in [0.5, 0.6) is 0 Å². The van der Waals surface area contributed by atoms with E-state index in [1.165, 1.54) is 11.3 Å². The first kappa shape index (κ1) is 16.2. The van der Waals surface area contributed by atoms with E-state index in [4.69, 9.17) is 5.73 Å². The Kier molecular flexibility index (Phi) is 4.98. The molecule has 5 heteroatoms. The molecule has 0 aliphatic rings. The Morgan fingerprint density at radius 3 is 2.41 bits per heavy atom. The van der Waals surface area contributed by atoms with Crippen molar-refractivity contribution in [2.24, 2.45) is 5.73 Å². The SMILES string of the molecule is CCC(C(=O)Nc1sc(C)c(C)c1C(N)=O)c1ccccc1.